The normalized spacial score (nSPS) is 10.4. The number of allylic oxidation sites excluding steroid dienone is 1. The zero-order valence-electron chi connectivity index (χ0n) is 10.9. The SMILES string of the molecule is N#Cc1ccc(C=CCCl)cc1OCc1ccccc1. The van der Waals surface area contributed by atoms with E-state index in [9.17, 15) is 0 Å². The van der Waals surface area contributed by atoms with Crippen molar-refractivity contribution in [3.8, 4) is 11.8 Å². The Labute approximate surface area is 123 Å². The second-order valence-electron chi connectivity index (χ2n) is 4.20. The van der Waals surface area contributed by atoms with Crippen molar-refractivity contribution in [3.63, 3.8) is 0 Å². The average Bonchev–Trinajstić information content (AvgIpc) is 2.52. The van der Waals surface area contributed by atoms with E-state index in [1.54, 1.807) is 6.07 Å². The first-order valence-corrected chi connectivity index (χ1v) is 6.80. The molecule has 0 aliphatic carbocycles. The summed E-state index contributed by atoms with van der Waals surface area (Å²) >= 11 is 5.62. The summed E-state index contributed by atoms with van der Waals surface area (Å²) in [5.41, 5.74) is 2.56. The highest BCUT2D eigenvalue weighted by molar-refractivity contribution is 6.19. The summed E-state index contributed by atoms with van der Waals surface area (Å²) in [6.07, 6.45) is 3.76. The van der Waals surface area contributed by atoms with Gasteiger partial charge in [0.25, 0.3) is 0 Å². The number of alkyl halides is 1. The van der Waals surface area contributed by atoms with E-state index in [2.05, 4.69) is 6.07 Å². The summed E-state index contributed by atoms with van der Waals surface area (Å²) in [5.74, 6) is 1.05. The number of rotatable bonds is 5. The molecule has 0 unspecified atom stereocenters. The van der Waals surface area contributed by atoms with Crippen molar-refractivity contribution in [2.75, 3.05) is 5.88 Å². The number of hydrogen-bond donors (Lipinski definition) is 0. The molecule has 0 heterocycles. The van der Waals surface area contributed by atoms with Crippen LogP contribution in [0, 0.1) is 11.3 Å². The Morgan fingerprint density at radius 3 is 2.65 bits per heavy atom. The second kappa shape index (κ2) is 7.37. The number of halogens is 1. The molecule has 0 bridgehead atoms. The molecule has 100 valence electrons. The standard InChI is InChI=1S/C17H14ClNO/c18-10-4-7-14-8-9-16(12-19)17(11-14)20-13-15-5-2-1-3-6-15/h1-9,11H,10,13H2. The van der Waals surface area contributed by atoms with Crippen LogP contribution in [0.25, 0.3) is 6.08 Å². The van der Waals surface area contributed by atoms with E-state index in [1.165, 1.54) is 0 Å². The van der Waals surface area contributed by atoms with Crippen molar-refractivity contribution in [1.82, 2.24) is 0 Å². The fourth-order valence-corrected chi connectivity index (χ4v) is 1.86. The molecule has 0 saturated heterocycles. The van der Waals surface area contributed by atoms with Crippen molar-refractivity contribution in [1.29, 1.82) is 5.26 Å². The minimum absolute atomic E-state index is 0.443. The van der Waals surface area contributed by atoms with Gasteiger partial charge in [-0.1, -0.05) is 48.6 Å². The highest BCUT2D eigenvalue weighted by Crippen LogP contribution is 2.22. The van der Waals surface area contributed by atoms with Crippen LogP contribution in [0.3, 0.4) is 0 Å². The molecule has 0 aromatic heterocycles. The Morgan fingerprint density at radius 2 is 1.95 bits per heavy atom. The zero-order chi connectivity index (χ0) is 14.2. The van der Waals surface area contributed by atoms with Gasteiger partial charge in [0.2, 0.25) is 0 Å². The van der Waals surface area contributed by atoms with Gasteiger partial charge in [0.05, 0.1) is 5.56 Å². The molecule has 2 nitrogen and oxygen atoms in total. The number of hydrogen-bond acceptors (Lipinski definition) is 2. The average molecular weight is 284 g/mol. The van der Waals surface area contributed by atoms with Crippen LogP contribution in [0.2, 0.25) is 0 Å². The number of nitriles is 1. The number of ether oxygens (including phenoxy) is 1. The van der Waals surface area contributed by atoms with Gasteiger partial charge in [0.1, 0.15) is 18.4 Å². The summed E-state index contributed by atoms with van der Waals surface area (Å²) in [6.45, 7) is 0.443. The van der Waals surface area contributed by atoms with Crippen LogP contribution in [0.15, 0.2) is 54.6 Å². The molecule has 20 heavy (non-hydrogen) atoms. The maximum Gasteiger partial charge on any atom is 0.138 e. The summed E-state index contributed by atoms with van der Waals surface area (Å²) in [5, 5.41) is 9.11. The molecular formula is C17H14ClNO. The Bertz CT molecular complexity index is 629. The van der Waals surface area contributed by atoms with Crippen LogP contribution in [-0.2, 0) is 6.61 Å². The first-order valence-electron chi connectivity index (χ1n) is 6.27. The molecule has 0 saturated carbocycles. The van der Waals surface area contributed by atoms with E-state index in [-0.39, 0.29) is 0 Å². The van der Waals surface area contributed by atoms with Gasteiger partial charge in [-0.05, 0) is 23.3 Å². The summed E-state index contributed by atoms with van der Waals surface area (Å²) in [4.78, 5) is 0. The van der Waals surface area contributed by atoms with Crippen LogP contribution in [-0.4, -0.2) is 5.88 Å². The lowest BCUT2D eigenvalue weighted by Gasteiger charge is -2.08. The monoisotopic (exact) mass is 283 g/mol. The third-order valence-electron chi connectivity index (χ3n) is 2.76. The summed E-state index contributed by atoms with van der Waals surface area (Å²) in [6, 6.07) is 17.5. The van der Waals surface area contributed by atoms with Crippen LogP contribution >= 0.6 is 11.6 Å². The Hall–Kier alpha value is -2.24. The lowest BCUT2D eigenvalue weighted by atomic mass is 10.1. The number of benzene rings is 2. The van der Waals surface area contributed by atoms with E-state index < -0.39 is 0 Å². The molecular weight excluding hydrogens is 270 g/mol. The van der Waals surface area contributed by atoms with Gasteiger partial charge in [-0.3, -0.25) is 0 Å². The lowest BCUT2D eigenvalue weighted by Crippen LogP contribution is -1.97. The van der Waals surface area contributed by atoms with Gasteiger partial charge in [-0.15, -0.1) is 11.6 Å². The Morgan fingerprint density at radius 1 is 1.15 bits per heavy atom. The predicted octanol–water partition coefficient (Wildman–Crippen LogP) is 4.39. The van der Waals surface area contributed by atoms with E-state index >= 15 is 0 Å². The third kappa shape index (κ3) is 3.88. The van der Waals surface area contributed by atoms with Crippen molar-refractivity contribution in [2.45, 2.75) is 6.61 Å². The highest BCUT2D eigenvalue weighted by atomic mass is 35.5. The molecule has 0 fully saturated rings. The van der Waals surface area contributed by atoms with E-state index in [0.717, 1.165) is 11.1 Å². The molecule has 0 N–H and O–H groups in total. The quantitative estimate of drug-likeness (QED) is 0.763. The maximum absolute atomic E-state index is 9.11. The maximum atomic E-state index is 9.11. The predicted molar refractivity (Wildman–Crippen MR) is 81.7 cm³/mol. The van der Waals surface area contributed by atoms with Crippen LogP contribution in [0.5, 0.6) is 5.75 Å². The smallest absolute Gasteiger partial charge is 0.138 e. The molecule has 0 spiro atoms. The van der Waals surface area contributed by atoms with Crippen molar-refractivity contribution >= 4 is 17.7 Å². The fraction of sp³-hybridized carbons (Fsp3) is 0.118. The molecule has 0 atom stereocenters. The van der Waals surface area contributed by atoms with Crippen molar-refractivity contribution < 1.29 is 4.74 Å². The highest BCUT2D eigenvalue weighted by Gasteiger charge is 2.04. The first-order chi connectivity index (χ1) is 9.83. The molecule has 0 radical (unpaired) electrons. The molecule has 0 amide bonds. The summed E-state index contributed by atoms with van der Waals surface area (Å²) in [7, 11) is 0. The van der Waals surface area contributed by atoms with E-state index in [4.69, 9.17) is 21.6 Å². The Balaban J connectivity index is 2.16. The van der Waals surface area contributed by atoms with Crippen LogP contribution in [0.4, 0.5) is 0 Å². The third-order valence-corrected chi connectivity index (χ3v) is 2.94. The van der Waals surface area contributed by atoms with Gasteiger partial charge < -0.3 is 4.74 Å². The van der Waals surface area contributed by atoms with Crippen molar-refractivity contribution in [2.24, 2.45) is 0 Å². The van der Waals surface area contributed by atoms with Gasteiger partial charge in [0.15, 0.2) is 0 Å². The van der Waals surface area contributed by atoms with Gasteiger partial charge in [0, 0.05) is 5.88 Å². The molecule has 2 rings (SSSR count). The Kier molecular flexibility index (Phi) is 5.23. The second-order valence-corrected chi connectivity index (χ2v) is 4.51. The van der Waals surface area contributed by atoms with Crippen molar-refractivity contribution in [3.05, 3.63) is 71.3 Å². The van der Waals surface area contributed by atoms with E-state index in [1.807, 2.05) is 54.6 Å². The molecule has 0 aliphatic rings. The van der Waals surface area contributed by atoms with Gasteiger partial charge in [-0.2, -0.15) is 5.26 Å². The topological polar surface area (TPSA) is 33.0 Å². The molecule has 0 aliphatic heterocycles. The van der Waals surface area contributed by atoms with Crippen LogP contribution in [0.1, 0.15) is 16.7 Å². The van der Waals surface area contributed by atoms with Gasteiger partial charge >= 0.3 is 0 Å². The fourth-order valence-electron chi connectivity index (χ4n) is 1.77. The molecule has 2 aromatic rings. The summed E-state index contributed by atoms with van der Waals surface area (Å²) < 4.78 is 5.75. The zero-order valence-corrected chi connectivity index (χ0v) is 11.7. The van der Waals surface area contributed by atoms with Gasteiger partial charge in [-0.25, -0.2) is 0 Å². The first kappa shape index (κ1) is 14.2. The lowest BCUT2D eigenvalue weighted by molar-refractivity contribution is 0.305. The number of nitrogens with zero attached hydrogens (tertiary/aromatic N) is 1. The minimum atomic E-state index is 0.443. The molecule has 2 aromatic carbocycles. The van der Waals surface area contributed by atoms with E-state index in [0.29, 0.717) is 23.8 Å². The van der Waals surface area contributed by atoms with Crippen LogP contribution < -0.4 is 4.74 Å². The largest absolute Gasteiger partial charge is 0.488 e. The molecule has 3 heteroatoms. The minimum Gasteiger partial charge on any atom is -0.488 e.